The minimum Gasteiger partial charge on any atom is -0.466 e. The van der Waals surface area contributed by atoms with Crippen LogP contribution in [0.4, 0.5) is 10.5 Å². The van der Waals surface area contributed by atoms with Gasteiger partial charge in [0.15, 0.2) is 0 Å². The Labute approximate surface area is 138 Å². The number of esters is 1. The molecular weight excluding hydrogens is 383 g/mol. The molecule has 1 heterocycles. The lowest BCUT2D eigenvalue weighted by atomic mass is 9.98. The van der Waals surface area contributed by atoms with Crippen LogP contribution in [0.25, 0.3) is 0 Å². The number of piperidine rings is 1. The zero-order valence-corrected chi connectivity index (χ0v) is 14.1. The Morgan fingerprint density at radius 2 is 2.29 bits per heavy atom. The number of ether oxygens (including phenoxy) is 1. The summed E-state index contributed by atoms with van der Waals surface area (Å²) in [6.45, 7) is 3.27. The topological polar surface area (TPSA) is 58.6 Å². The maximum atomic E-state index is 12.3. The SMILES string of the molecule is CCOC(=O)C1CCCN(C(=O)Nc2cccc(I)c2)C1. The lowest BCUT2D eigenvalue weighted by Gasteiger charge is -2.31. The number of anilines is 1. The van der Waals surface area contributed by atoms with Crippen molar-refractivity contribution >= 4 is 40.3 Å². The molecule has 0 spiro atoms. The van der Waals surface area contributed by atoms with Crippen molar-refractivity contribution < 1.29 is 14.3 Å². The van der Waals surface area contributed by atoms with E-state index in [0.717, 1.165) is 22.1 Å². The molecule has 5 nitrogen and oxygen atoms in total. The number of hydrogen-bond acceptors (Lipinski definition) is 3. The molecule has 0 saturated carbocycles. The van der Waals surface area contributed by atoms with Crippen molar-refractivity contribution in [2.24, 2.45) is 5.92 Å². The summed E-state index contributed by atoms with van der Waals surface area (Å²) < 4.78 is 6.11. The van der Waals surface area contributed by atoms with Gasteiger partial charge in [0.25, 0.3) is 0 Å². The molecule has 1 aromatic carbocycles. The van der Waals surface area contributed by atoms with Crippen molar-refractivity contribution in [1.82, 2.24) is 4.90 Å². The molecule has 1 atom stereocenters. The van der Waals surface area contributed by atoms with E-state index in [-0.39, 0.29) is 17.9 Å². The number of halogens is 1. The van der Waals surface area contributed by atoms with E-state index in [1.165, 1.54) is 0 Å². The maximum absolute atomic E-state index is 12.3. The summed E-state index contributed by atoms with van der Waals surface area (Å²) >= 11 is 2.20. The first-order valence-corrected chi connectivity index (χ1v) is 8.16. The van der Waals surface area contributed by atoms with Gasteiger partial charge in [-0.3, -0.25) is 4.79 Å². The molecule has 0 aromatic heterocycles. The third-order valence-corrected chi connectivity index (χ3v) is 4.08. The number of carbonyl (C=O) groups excluding carboxylic acids is 2. The van der Waals surface area contributed by atoms with Gasteiger partial charge in [0.05, 0.1) is 12.5 Å². The molecule has 1 saturated heterocycles. The van der Waals surface area contributed by atoms with Gasteiger partial charge in [0, 0.05) is 22.3 Å². The highest BCUT2D eigenvalue weighted by Gasteiger charge is 2.29. The average molecular weight is 402 g/mol. The quantitative estimate of drug-likeness (QED) is 0.625. The lowest BCUT2D eigenvalue weighted by Crippen LogP contribution is -2.44. The summed E-state index contributed by atoms with van der Waals surface area (Å²) in [5.41, 5.74) is 0.769. The highest BCUT2D eigenvalue weighted by molar-refractivity contribution is 14.1. The van der Waals surface area contributed by atoms with Crippen LogP contribution in [-0.2, 0) is 9.53 Å². The van der Waals surface area contributed by atoms with Crippen LogP contribution in [0, 0.1) is 9.49 Å². The first-order chi connectivity index (χ1) is 10.1. The minimum absolute atomic E-state index is 0.161. The van der Waals surface area contributed by atoms with Crippen LogP contribution in [0.5, 0.6) is 0 Å². The number of carbonyl (C=O) groups is 2. The molecule has 2 amide bonds. The van der Waals surface area contributed by atoms with E-state index in [1.807, 2.05) is 24.3 Å². The van der Waals surface area contributed by atoms with Crippen LogP contribution in [0.3, 0.4) is 0 Å². The highest BCUT2D eigenvalue weighted by Crippen LogP contribution is 2.19. The Morgan fingerprint density at radius 1 is 1.48 bits per heavy atom. The number of nitrogens with one attached hydrogen (secondary N) is 1. The summed E-state index contributed by atoms with van der Waals surface area (Å²) in [7, 11) is 0. The molecule has 21 heavy (non-hydrogen) atoms. The monoisotopic (exact) mass is 402 g/mol. The second kappa shape index (κ2) is 7.63. The van der Waals surface area contributed by atoms with E-state index in [2.05, 4.69) is 27.9 Å². The van der Waals surface area contributed by atoms with Gasteiger partial charge in [-0.05, 0) is 60.6 Å². The first kappa shape index (κ1) is 16.1. The molecule has 0 bridgehead atoms. The van der Waals surface area contributed by atoms with Crippen LogP contribution in [0.1, 0.15) is 19.8 Å². The summed E-state index contributed by atoms with van der Waals surface area (Å²) in [4.78, 5) is 25.7. The van der Waals surface area contributed by atoms with Gasteiger partial charge in [0.1, 0.15) is 0 Å². The molecule has 6 heteroatoms. The molecule has 0 radical (unpaired) electrons. The zero-order valence-electron chi connectivity index (χ0n) is 12.0. The van der Waals surface area contributed by atoms with Crippen molar-refractivity contribution in [3.05, 3.63) is 27.8 Å². The van der Waals surface area contributed by atoms with Crippen LogP contribution < -0.4 is 5.32 Å². The summed E-state index contributed by atoms with van der Waals surface area (Å²) in [6.07, 6.45) is 1.61. The molecular formula is C15H19IN2O3. The number of likely N-dealkylation sites (tertiary alicyclic amines) is 1. The fourth-order valence-corrected chi connectivity index (χ4v) is 2.93. The van der Waals surface area contributed by atoms with Gasteiger partial charge in [-0.15, -0.1) is 0 Å². The Hall–Kier alpha value is -1.31. The summed E-state index contributed by atoms with van der Waals surface area (Å²) in [6, 6.07) is 7.46. The third-order valence-electron chi connectivity index (χ3n) is 3.40. The van der Waals surface area contributed by atoms with Gasteiger partial charge in [-0.25, -0.2) is 4.79 Å². The summed E-state index contributed by atoms with van der Waals surface area (Å²) in [5.74, 6) is -0.412. The van der Waals surface area contributed by atoms with Crippen molar-refractivity contribution in [2.75, 3.05) is 25.0 Å². The fraction of sp³-hybridized carbons (Fsp3) is 0.467. The Kier molecular flexibility index (Phi) is 5.84. The average Bonchev–Trinajstić information content (AvgIpc) is 2.47. The maximum Gasteiger partial charge on any atom is 0.321 e. The van der Waals surface area contributed by atoms with E-state index in [1.54, 1.807) is 11.8 Å². The van der Waals surface area contributed by atoms with Crippen molar-refractivity contribution in [3.63, 3.8) is 0 Å². The van der Waals surface area contributed by atoms with Crippen LogP contribution in [0.2, 0.25) is 0 Å². The Morgan fingerprint density at radius 3 is 3.00 bits per heavy atom. The van der Waals surface area contributed by atoms with Gasteiger partial charge in [-0.1, -0.05) is 6.07 Å². The van der Waals surface area contributed by atoms with Crippen LogP contribution >= 0.6 is 22.6 Å². The van der Waals surface area contributed by atoms with Crippen molar-refractivity contribution in [3.8, 4) is 0 Å². The van der Waals surface area contributed by atoms with Crippen molar-refractivity contribution in [2.45, 2.75) is 19.8 Å². The zero-order chi connectivity index (χ0) is 15.2. The number of amides is 2. The highest BCUT2D eigenvalue weighted by atomic mass is 127. The van der Waals surface area contributed by atoms with E-state index >= 15 is 0 Å². The molecule has 2 rings (SSSR count). The summed E-state index contributed by atoms with van der Waals surface area (Å²) in [5, 5.41) is 2.87. The predicted octanol–water partition coefficient (Wildman–Crippen LogP) is 3.10. The standard InChI is InChI=1S/C15H19IN2O3/c1-2-21-14(19)11-5-4-8-18(10-11)15(20)17-13-7-3-6-12(16)9-13/h3,6-7,9,11H,2,4-5,8,10H2,1H3,(H,17,20). The van der Waals surface area contributed by atoms with E-state index < -0.39 is 0 Å². The normalized spacial score (nSPS) is 18.2. The Bertz CT molecular complexity index is 521. The van der Waals surface area contributed by atoms with E-state index in [9.17, 15) is 9.59 Å². The molecule has 114 valence electrons. The van der Waals surface area contributed by atoms with Crippen molar-refractivity contribution in [1.29, 1.82) is 0 Å². The van der Waals surface area contributed by atoms with Gasteiger partial charge in [-0.2, -0.15) is 0 Å². The molecule has 1 fully saturated rings. The lowest BCUT2D eigenvalue weighted by molar-refractivity contribution is -0.149. The second-order valence-electron chi connectivity index (χ2n) is 4.98. The molecule has 1 N–H and O–H groups in total. The van der Waals surface area contributed by atoms with Gasteiger partial charge < -0.3 is 15.0 Å². The molecule has 1 unspecified atom stereocenters. The number of benzene rings is 1. The van der Waals surface area contributed by atoms with Crippen LogP contribution in [-0.4, -0.2) is 36.6 Å². The number of hydrogen-bond donors (Lipinski definition) is 1. The number of urea groups is 1. The minimum atomic E-state index is -0.208. The van der Waals surface area contributed by atoms with Gasteiger partial charge in [0.2, 0.25) is 0 Å². The predicted molar refractivity (Wildman–Crippen MR) is 89.1 cm³/mol. The van der Waals surface area contributed by atoms with Crippen LogP contribution in [0.15, 0.2) is 24.3 Å². The fourth-order valence-electron chi connectivity index (χ4n) is 2.38. The largest absolute Gasteiger partial charge is 0.466 e. The van der Waals surface area contributed by atoms with Gasteiger partial charge >= 0.3 is 12.0 Å². The Balaban J connectivity index is 1.94. The third kappa shape index (κ3) is 4.59. The first-order valence-electron chi connectivity index (χ1n) is 7.08. The van der Waals surface area contributed by atoms with E-state index in [4.69, 9.17) is 4.74 Å². The molecule has 1 aliphatic heterocycles. The molecule has 1 aromatic rings. The number of rotatable bonds is 3. The molecule has 1 aliphatic rings. The smallest absolute Gasteiger partial charge is 0.321 e. The number of nitrogens with zero attached hydrogens (tertiary/aromatic N) is 1. The molecule has 0 aliphatic carbocycles. The van der Waals surface area contributed by atoms with E-state index in [0.29, 0.717) is 19.7 Å². The second-order valence-corrected chi connectivity index (χ2v) is 6.22.